The summed E-state index contributed by atoms with van der Waals surface area (Å²) in [5.41, 5.74) is 0. The van der Waals surface area contributed by atoms with Crippen LogP contribution < -0.4 is 0 Å². The number of phosphoric acid groups is 1. The van der Waals surface area contributed by atoms with Crippen LogP contribution in [-0.2, 0) is 32.7 Å². The van der Waals surface area contributed by atoms with E-state index in [1.807, 2.05) is 42.5 Å². The first kappa shape index (κ1) is 62.0. The van der Waals surface area contributed by atoms with E-state index in [9.17, 15) is 49.7 Å². The van der Waals surface area contributed by atoms with Gasteiger partial charge in [-0.25, -0.2) is 4.57 Å². The number of phosphoric ester groups is 1. The fourth-order valence-corrected chi connectivity index (χ4v) is 7.96. The third kappa shape index (κ3) is 33.2. The zero-order valence-corrected chi connectivity index (χ0v) is 41.4. The van der Waals surface area contributed by atoms with Crippen LogP contribution >= 0.6 is 7.82 Å². The molecule has 0 spiro atoms. The minimum Gasteiger partial charge on any atom is -0.462 e. The summed E-state index contributed by atoms with van der Waals surface area (Å²) in [6, 6.07) is 0. The van der Waals surface area contributed by atoms with Crippen molar-refractivity contribution in [1.82, 2.24) is 0 Å². The van der Waals surface area contributed by atoms with E-state index in [1.165, 1.54) is 25.7 Å². The molecule has 0 amide bonds. The summed E-state index contributed by atoms with van der Waals surface area (Å²) in [4.78, 5) is 35.8. The van der Waals surface area contributed by atoms with Crippen LogP contribution in [-0.4, -0.2) is 110 Å². The van der Waals surface area contributed by atoms with Gasteiger partial charge in [-0.2, -0.15) is 0 Å². The smallest absolute Gasteiger partial charge is 0.462 e. The van der Waals surface area contributed by atoms with Crippen LogP contribution in [0.5, 0.6) is 0 Å². The Labute approximate surface area is 401 Å². The molecular formula is C52H87O14P. The molecule has 0 aromatic carbocycles. The number of unbranched alkanes of at least 4 members (excludes halogenated alkanes) is 13. The number of carbonyl (C=O) groups is 2. The minimum absolute atomic E-state index is 0.0567. The van der Waals surface area contributed by atoms with Gasteiger partial charge in [-0.15, -0.1) is 0 Å². The Kier molecular flexibility index (Phi) is 37.8. The molecule has 7 N–H and O–H groups in total. The van der Waals surface area contributed by atoms with Gasteiger partial charge in [0.25, 0.3) is 0 Å². The molecule has 0 aliphatic heterocycles. The summed E-state index contributed by atoms with van der Waals surface area (Å²) in [6.45, 7) is 3.10. The molecule has 0 heterocycles. The SMILES string of the molecule is CCCCCC/C=C\C/C=C\C/C=C\CCCCCCCCC(=O)O[C@H](COC(=O)CCC/C=C\C/C=C\C/C=C\C=C\[C@H](O)CCCCC)COP(=O)(O)OC1[C@H](O)[C@H](O)C(O)[C@H](O)[C@H]1O. The van der Waals surface area contributed by atoms with Gasteiger partial charge in [-0.1, -0.05) is 163 Å². The van der Waals surface area contributed by atoms with Gasteiger partial charge in [0.15, 0.2) is 6.10 Å². The van der Waals surface area contributed by atoms with Crippen LogP contribution in [0.4, 0.5) is 0 Å². The fraction of sp³-hybridized carbons (Fsp3) is 0.692. The first-order chi connectivity index (χ1) is 32.3. The van der Waals surface area contributed by atoms with Crippen LogP contribution in [0, 0.1) is 0 Å². The lowest BCUT2D eigenvalue weighted by molar-refractivity contribution is -0.220. The normalized spacial score (nSPS) is 22.3. The number of hydrogen-bond acceptors (Lipinski definition) is 13. The number of hydrogen-bond donors (Lipinski definition) is 7. The molecule has 384 valence electrons. The molecule has 14 nitrogen and oxygen atoms in total. The summed E-state index contributed by atoms with van der Waals surface area (Å²) in [5, 5.41) is 60.1. The predicted octanol–water partition coefficient (Wildman–Crippen LogP) is 9.42. The second-order valence-corrected chi connectivity index (χ2v) is 18.6. The average Bonchev–Trinajstić information content (AvgIpc) is 3.30. The number of rotatable bonds is 40. The van der Waals surface area contributed by atoms with Gasteiger partial charge in [-0.05, 0) is 77.0 Å². The summed E-state index contributed by atoms with van der Waals surface area (Å²) in [6.07, 6.45) is 36.6. The van der Waals surface area contributed by atoms with Crippen LogP contribution in [0.15, 0.2) is 85.1 Å². The maximum atomic E-state index is 12.8. The third-order valence-corrected chi connectivity index (χ3v) is 12.0. The average molecular weight is 967 g/mol. The largest absolute Gasteiger partial charge is 0.472 e. The monoisotopic (exact) mass is 967 g/mol. The summed E-state index contributed by atoms with van der Waals surface area (Å²) < 4.78 is 33.5. The van der Waals surface area contributed by atoms with Gasteiger partial charge in [0, 0.05) is 12.8 Å². The van der Waals surface area contributed by atoms with Crippen LogP contribution in [0.1, 0.15) is 168 Å². The highest BCUT2D eigenvalue weighted by Crippen LogP contribution is 2.47. The van der Waals surface area contributed by atoms with Crippen molar-refractivity contribution >= 4 is 19.8 Å². The van der Waals surface area contributed by atoms with E-state index in [-0.39, 0.29) is 12.8 Å². The molecule has 1 saturated carbocycles. The van der Waals surface area contributed by atoms with Crippen molar-refractivity contribution in [2.45, 2.75) is 217 Å². The molecule has 1 aliphatic rings. The van der Waals surface area contributed by atoms with Crippen molar-refractivity contribution in [2.75, 3.05) is 13.2 Å². The van der Waals surface area contributed by atoms with E-state index in [0.717, 1.165) is 96.3 Å². The maximum absolute atomic E-state index is 12.8. The molecule has 0 saturated heterocycles. The number of esters is 2. The first-order valence-electron chi connectivity index (χ1n) is 25.0. The Morgan fingerprint density at radius 1 is 0.537 bits per heavy atom. The van der Waals surface area contributed by atoms with Crippen LogP contribution in [0.2, 0.25) is 0 Å². The van der Waals surface area contributed by atoms with Crippen molar-refractivity contribution < 1.29 is 68.2 Å². The predicted molar refractivity (Wildman–Crippen MR) is 264 cm³/mol. The Morgan fingerprint density at radius 3 is 1.58 bits per heavy atom. The number of aliphatic hydroxyl groups is 6. The third-order valence-electron chi connectivity index (χ3n) is 11.1. The Balaban J connectivity index is 2.50. The van der Waals surface area contributed by atoms with E-state index < -0.39 is 81.8 Å². The summed E-state index contributed by atoms with van der Waals surface area (Å²) in [5.74, 6) is -1.21. The molecule has 0 radical (unpaired) electrons. The van der Waals surface area contributed by atoms with Gasteiger partial charge in [-0.3, -0.25) is 18.6 Å². The maximum Gasteiger partial charge on any atom is 0.472 e. The molecular weight excluding hydrogens is 880 g/mol. The Bertz CT molecular complexity index is 1510. The van der Waals surface area contributed by atoms with Gasteiger partial charge in [0.1, 0.15) is 43.2 Å². The number of carbonyl (C=O) groups excluding carboxylic acids is 2. The summed E-state index contributed by atoms with van der Waals surface area (Å²) >= 11 is 0. The highest BCUT2D eigenvalue weighted by Gasteiger charge is 2.51. The van der Waals surface area contributed by atoms with E-state index in [0.29, 0.717) is 19.3 Å². The molecule has 1 aliphatic carbocycles. The minimum atomic E-state index is -5.15. The van der Waals surface area contributed by atoms with E-state index in [2.05, 4.69) is 50.3 Å². The van der Waals surface area contributed by atoms with Gasteiger partial charge >= 0.3 is 19.8 Å². The van der Waals surface area contributed by atoms with Crippen molar-refractivity contribution in [3.63, 3.8) is 0 Å². The Hall–Kier alpha value is -3.01. The number of allylic oxidation sites excluding steroid dienone is 13. The highest BCUT2D eigenvalue weighted by molar-refractivity contribution is 7.47. The number of ether oxygens (including phenoxy) is 2. The fourth-order valence-electron chi connectivity index (χ4n) is 6.98. The van der Waals surface area contributed by atoms with Crippen LogP contribution in [0.3, 0.4) is 0 Å². The second-order valence-electron chi connectivity index (χ2n) is 17.2. The zero-order valence-electron chi connectivity index (χ0n) is 40.5. The molecule has 67 heavy (non-hydrogen) atoms. The molecule has 15 heteroatoms. The van der Waals surface area contributed by atoms with E-state index in [1.54, 1.807) is 6.08 Å². The molecule has 0 aromatic heterocycles. The van der Waals surface area contributed by atoms with Crippen LogP contribution in [0.25, 0.3) is 0 Å². The lowest BCUT2D eigenvalue weighted by Gasteiger charge is -2.41. The Morgan fingerprint density at radius 2 is 1.00 bits per heavy atom. The highest BCUT2D eigenvalue weighted by atomic mass is 31.2. The molecule has 9 atom stereocenters. The molecule has 3 unspecified atom stereocenters. The standard InChI is InChI=1S/C52H87O14P/c1-3-5-7-8-9-10-11-12-13-14-15-16-17-18-19-22-26-29-32-36-40-46(55)65-44(42-64-67(61,62)66-52-50(59)48(57)47(56)49(58)51(52)60)41-63-45(54)39-35-31-28-25-23-20-21-24-27-30-34-38-43(53)37-33-6-4-2/h10-11,13-14,16-17,20-21,25,27-28,30,34,38,43-44,47-53,56-60H,3-9,12,15,18-19,22-24,26,29,31-33,35-37,39-42H2,1-2H3,(H,61,62)/b11-10-,14-13-,17-16-,21-20-,28-25-,30-27-,38-34+/t43-,44-,47?,48-,49+,50-,51-,52?/m1/s1. The lowest BCUT2D eigenvalue weighted by Crippen LogP contribution is -2.64. The zero-order chi connectivity index (χ0) is 49.4. The van der Waals surface area contributed by atoms with E-state index in [4.69, 9.17) is 18.5 Å². The van der Waals surface area contributed by atoms with Crippen molar-refractivity contribution in [3.05, 3.63) is 85.1 Å². The topological polar surface area (TPSA) is 230 Å². The first-order valence-corrected chi connectivity index (χ1v) is 26.5. The van der Waals surface area contributed by atoms with E-state index >= 15 is 0 Å². The lowest BCUT2D eigenvalue weighted by atomic mass is 9.85. The van der Waals surface area contributed by atoms with Gasteiger partial charge in [0.2, 0.25) is 0 Å². The molecule has 1 rings (SSSR count). The molecule has 0 aromatic rings. The van der Waals surface area contributed by atoms with Gasteiger partial charge in [0.05, 0.1) is 12.7 Å². The number of aliphatic hydroxyl groups excluding tert-OH is 6. The quantitative estimate of drug-likeness (QED) is 0.00998. The second kappa shape index (κ2) is 40.8. The molecule has 1 fully saturated rings. The van der Waals surface area contributed by atoms with Crippen molar-refractivity contribution in [2.24, 2.45) is 0 Å². The summed E-state index contributed by atoms with van der Waals surface area (Å²) in [7, 11) is -5.15. The van der Waals surface area contributed by atoms with Crippen molar-refractivity contribution in [1.29, 1.82) is 0 Å². The molecule has 0 bridgehead atoms. The van der Waals surface area contributed by atoms with Gasteiger partial charge < -0.3 is 45.0 Å². The van der Waals surface area contributed by atoms with Crippen molar-refractivity contribution in [3.8, 4) is 0 Å².